The number of nitrogens with zero attached hydrogens (tertiary/aromatic N) is 1. The van der Waals surface area contributed by atoms with E-state index in [1.54, 1.807) is 0 Å². The van der Waals surface area contributed by atoms with Crippen molar-refractivity contribution in [3.8, 4) is 0 Å². The van der Waals surface area contributed by atoms with Gasteiger partial charge in [0.2, 0.25) is 0 Å². The summed E-state index contributed by atoms with van der Waals surface area (Å²) in [5.41, 5.74) is 2.42. The zero-order valence-corrected chi connectivity index (χ0v) is 10.1. The van der Waals surface area contributed by atoms with E-state index in [0.717, 1.165) is 32.4 Å². The lowest BCUT2D eigenvalue weighted by atomic mass is 9.86. The summed E-state index contributed by atoms with van der Waals surface area (Å²) in [4.78, 5) is 4.46. The molecule has 1 aliphatic heterocycles. The largest absolute Gasteiger partial charge is 0.378 e. The Labute approximate surface area is 97.2 Å². The molecule has 3 nitrogen and oxygen atoms in total. The second-order valence-corrected chi connectivity index (χ2v) is 4.58. The van der Waals surface area contributed by atoms with Crippen molar-refractivity contribution in [3.63, 3.8) is 0 Å². The van der Waals surface area contributed by atoms with E-state index in [1.807, 2.05) is 19.4 Å². The number of hydrogen-bond acceptors (Lipinski definition) is 3. The van der Waals surface area contributed by atoms with Gasteiger partial charge >= 0.3 is 0 Å². The highest BCUT2D eigenvalue weighted by Gasteiger charge is 2.32. The van der Waals surface area contributed by atoms with E-state index in [0.29, 0.717) is 0 Å². The Morgan fingerprint density at radius 2 is 2.19 bits per heavy atom. The van der Waals surface area contributed by atoms with Gasteiger partial charge in [0, 0.05) is 25.4 Å². The minimum absolute atomic E-state index is 0.00956. The molecule has 2 rings (SSSR count). The quantitative estimate of drug-likeness (QED) is 0.842. The molecule has 0 aliphatic carbocycles. The van der Waals surface area contributed by atoms with Gasteiger partial charge < -0.3 is 10.1 Å². The lowest BCUT2D eigenvalue weighted by Crippen LogP contribution is -2.45. The van der Waals surface area contributed by atoms with E-state index in [2.05, 4.69) is 23.3 Å². The molecule has 0 spiro atoms. The Kier molecular flexibility index (Phi) is 3.56. The predicted octanol–water partition coefficient (Wildman–Crippen LogP) is 1.70. The summed E-state index contributed by atoms with van der Waals surface area (Å²) in [6, 6.07) is 4.10. The SMILES string of the molecule is COC1(Cc2ncccc2C)CCNCC1. The fourth-order valence-electron chi connectivity index (χ4n) is 2.34. The molecule has 0 aromatic carbocycles. The van der Waals surface area contributed by atoms with E-state index in [1.165, 1.54) is 11.3 Å². The monoisotopic (exact) mass is 220 g/mol. The van der Waals surface area contributed by atoms with Gasteiger partial charge in [0.25, 0.3) is 0 Å². The van der Waals surface area contributed by atoms with Crippen LogP contribution in [0.1, 0.15) is 24.1 Å². The molecule has 0 unspecified atom stereocenters. The normalized spacial score (nSPS) is 19.6. The van der Waals surface area contributed by atoms with Crippen molar-refractivity contribution >= 4 is 0 Å². The summed E-state index contributed by atoms with van der Waals surface area (Å²) in [6.07, 6.45) is 4.93. The molecule has 0 bridgehead atoms. The molecule has 0 amide bonds. The van der Waals surface area contributed by atoms with E-state index in [4.69, 9.17) is 4.74 Å². The minimum Gasteiger partial charge on any atom is -0.378 e. The standard InChI is InChI=1S/C13H20N2O/c1-11-4-3-7-15-12(11)10-13(16-2)5-8-14-9-6-13/h3-4,7,14H,5-6,8-10H2,1-2H3. The van der Waals surface area contributed by atoms with Crippen LogP contribution in [0.2, 0.25) is 0 Å². The molecule has 16 heavy (non-hydrogen) atoms. The van der Waals surface area contributed by atoms with Gasteiger partial charge in [-0.2, -0.15) is 0 Å². The maximum atomic E-state index is 5.76. The molecule has 88 valence electrons. The molecule has 1 saturated heterocycles. The van der Waals surface area contributed by atoms with Crippen LogP contribution in [0.15, 0.2) is 18.3 Å². The van der Waals surface area contributed by atoms with Crippen molar-refractivity contribution in [2.45, 2.75) is 31.8 Å². The van der Waals surface area contributed by atoms with Crippen LogP contribution in [0, 0.1) is 6.92 Å². The van der Waals surface area contributed by atoms with Crippen LogP contribution in [0.4, 0.5) is 0 Å². The van der Waals surface area contributed by atoms with Crippen LogP contribution >= 0.6 is 0 Å². The summed E-state index contributed by atoms with van der Waals surface area (Å²) in [5, 5.41) is 3.37. The highest BCUT2D eigenvalue weighted by Crippen LogP contribution is 2.27. The minimum atomic E-state index is -0.00956. The number of hydrogen-bond donors (Lipinski definition) is 1. The Bertz CT molecular complexity index is 346. The van der Waals surface area contributed by atoms with Crippen molar-refractivity contribution in [1.82, 2.24) is 10.3 Å². The van der Waals surface area contributed by atoms with Gasteiger partial charge in [-0.1, -0.05) is 6.07 Å². The number of piperidine rings is 1. The maximum absolute atomic E-state index is 5.76. The second-order valence-electron chi connectivity index (χ2n) is 4.58. The number of ether oxygens (including phenoxy) is 1. The van der Waals surface area contributed by atoms with Crippen molar-refractivity contribution < 1.29 is 4.74 Å². The van der Waals surface area contributed by atoms with Crippen molar-refractivity contribution in [1.29, 1.82) is 0 Å². The fourth-order valence-corrected chi connectivity index (χ4v) is 2.34. The fraction of sp³-hybridized carbons (Fsp3) is 0.615. The van der Waals surface area contributed by atoms with Gasteiger partial charge in [-0.25, -0.2) is 0 Å². The molecule has 0 radical (unpaired) electrons. The molecule has 0 atom stereocenters. The summed E-state index contributed by atoms with van der Waals surface area (Å²) in [5.74, 6) is 0. The molecule has 0 saturated carbocycles. The number of methoxy groups -OCH3 is 1. The summed E-state index contributed by atoms with van der Waals surface area (Å²) < 4.78 is 5.76. The summed E-state index contributed by atoms with van der Waals surface area (Å²) >= 11 is 0. The Hall–Kier alpha value is -0.930. The Balaban J connectivity index is 2.15. The third-order valence-corrected chi connectivity index (χ3v) is 3.56. The third kappa shape index (κ3) is 2.42. The van der Waals surface area contributed by atoms with Gasteiger partial charge in [0.15, 0.2) is 0 Å². The summed E-state index contributed by atoms with van der Waals surface area (Å²) in [7, 11) is 1.82. The van der Waals surface area contributed by atoms with E-state index in [9.17, 15) is 0 Å². The van der Waals surface area contributed by atoms with Crippen LogP contribution in [0.5, 0.6) is 0 Å². The van der Waals surface area contributed by atoms with E-state index in [-0.39, 0.29) is 5.60 Å². The highest BCUT2D eigenvalue weighted by molar-refractivity contribution is 5.19. The van der Waals surface area contributed by atoms with Crippen LogP contribution in [0.25, 0.3) is 0 Å². The van der Waals surface area contributed by atoms with Gasteiger partial charge in [0.1, 0.15) is 0 Å². The van der Waals surface area contributed by atoms with Crippen molar-refractivity contribution in [2.24, 2.45) is 0 Å². The second kappa shape index (κ2) is 4.93. The predicted molar refractivity (Wildman–Crippen MR) is 64.5 cm³/mol. The lowest BCUT2D eigenvalue weighted by Gasteiger charge is -2.36. The first-order valence-corrected chi connectivity index (χ1v) is 5.92. The smallest absolute Gasteiger partial charge is 0.0758 e. The summed E-state index contributed by atoms with van der Waals surface area (Å²) in [6.45, 7) is 4.20. The first-order chi connectivity index (χ1) is 7.76. The lowest BCUT2D eigenvalue weighted by molar-refractivity contribution is -0.0341. The zero-order chi connectivity index (χ0) is 11.4. The van der Waals surface area contributed by atoms with Crippen LogP contribution in [-0.2, 0) is 11.2 Å². The van der Waals surface area contributed by atoms with Crippen molar-refractivity contribution in [3.05, 3.63) is 29.6 Å². The highest BCUT2D eigenvalue weighted by atomic mass is 16.5. The molecule has 2 heterocycles. The van der Waals surface area contributed by atoms with Gasteiger partial charge in [-0.05, 0) is 44.5 Å². The molecule has 1 aromatic heterocycles. The van der Waals surface area contributed by atoms with Gasteiger partial charge in [0.05, 0.1) is 5.60 Å². The molecular formula is C13H20N2O. The van der Waals surface area contributed by atoms with Crippen molar-refractivity contribution in [2.75, 3.05) is 20.2 Å². The topological polar surface area (TPSA) is 34.1 Å². The molecule has 1 fully saturated rings. The average molecular weight is 220 g/mol. The molecular weight excluding hydrogens is 200 g/mol. The first kappa shape index (κ1) is 11.6. The number of nitrogens with one attached hydrogen (secondary N) is 1. The molecule has 1 aliphatic rings. The number of pyridine rings is 1. The zero-order valence-electron chi connectivity index (χ0n) is 10.1. The van der Waals surface area contributed by atoms with Crippen LogP contribution < -0.4 is 5.32 Å². The maximum Gasteiger partial charge on any atom is 0.0758 e. The van der Waals surface area contributed by atoms with Gasteiger partial charge in [-0.15, -0.1) is 0 Å². The number of aryl methyl sites for hydroxylation is 1. The Morgan fingerprint density at radius 3 is 2.81 bits per heavy atom. The number of rotatable bonds is 3. The number of aromatic nitrogens is 1. The van der Waals surface area contributed by atoms with Crippen LogP contribution in [-0.4, -0.2) is 30.8 Å². The van der Waals surface area contributed by atoms with E-state index < -0.39 is 0 Å². The van der Waals surface area contributed by atoms with E-state index >= 15 is 0 Å². The Morgan fingerprint density at radius 1 is 1.44 bits per heavy atom. The van der Waals surface area contributed by atoms with Crippen LogP contribution in [0.3, 0.4) is 0 Å². The van der Waals surface area contributed by atoms with Gasteiger partial charge in [-0.3, -0.25) is 4.98 Å². The molecule has 1 N–H and O–H groups in total. The molecule has 3 heteroatoms. The first-order valence-electron chi connectivity index (χ1n) is 5.92. The molecule has 1 aromatic rings. The average Bonchev–Trinajstić information content (AvgIpc) is 2.33. The third-order valence-electron chi connectivity index (χ3n) is 3.56.